The normalized spacial score (nSPS) is 15.4. The monoisotopic (exact) mass is 344 g/mol. The SMILES string of the molecule is CN(CCN1CCOCC1)C(=O)CCc1nc2ccccc2[nH]c1=O. The highest BCUT2D eigenvalue weighted by Gasteiger charge is 2.15. The van der Waals surface area contributed by atoms with Gasteiger partial charge in [-0.25, -0.2) is 4.98 Å². The van der Waals surface area contributed by atoms with Crippen LogP contribution in [0.25, 0.3) is 11.0 Å². The number of aryl methyl sites for hydroxylation is 1. The number of nitrogens with one attached hydrogen (secondary N) is 1. The lowest BCUT2D eigenvalue weighted by molar-refractivity contribution is -0.130. The molecule has 0 unspecified atom stereocenters. The van der Waals surface area contributed by atoms with Crippen LogP contribution in [0.1, 0.15) is 12.1 Å². The summed E-state index contributed by atoms with van der Waals surface area (Å²) in [6, 6.07) is 7.40. The minimum absolute atomic E-state index is 0.0302. The lowest BCUT2D eigenvalue weighted by Crippen LogP contribution is -2.42. The maximum Gasteiger partial charge on any atom is 0.270 e. The van der Waals surface area contributed by atoms with Crippen LogP contribution in [-0.2, 0) is 16.0 Å². The highest BCUT2D eigenvalue weighted by Crippen LogP contribution is 2.07. The molecule has 2 aromatic rings. The molecule has 1 aliphatic heterocycles. The van der Waals surface area contributed by atoms with Gasteiger partial charge in [0.2, 0.25) is 5.91 Å². The van der Waals surface area contributed by atoms with E-state index >= 15 is 0 Å². The smallest absolute Gasteiger partial charge is 0.270 e. The molecule has 1 amide bonds. The van der Waals surface area contributed by atoms with Crippen LogP contribution < -0.4 is 5.56 Å². The van der Waals surface area contributed by atoms with Crippen LogP contribution in [0.15, 0.2) is 29.1 Å². The number of fused-ring (bicyclic) bond motifs is 1. The molecule has 0 radical (unpaired) electrons. The minimum atomic E-state index is -0.220. The summed E-state index contributed by atoms with van der Waals surface area (Å²) in [6.45, 7) is 4.87. The summed E-state index contributed by atoms with van der Waals surface area (Å²) < 4.78 is 5.32. The molecule has 1 saturated heterocycles. The largest absolute Gasteiger partial charge is 0.379 e. The predicted octanol–water partition coefficient (Wildman–Crippen LogP) is 0.646. The Morgan fingerprint density at radius 2 is 2.08 bits per heavy atom. The number of aromatic amines is 1. The topological polar surface area (TPSA) is 78.5 Å². The van der Waals surface area contributed by atoms with E-state index in [0.29, 0.717) is 24.2 Å². The molecule has 3 rings (SSSR count). The number of ether oxygens (including phenoxy) is 1. The minimum Gasteiger partial charge on any atom is -0.379 e. The highest BCUT2D eigenvalue weighted by molar-refractivity contribution is 5.76. The highest BCUT2D eigenvalue weighted by atomic mass is 16.5. The average Bonchev–Trinajstić information content (AvgIpc) is 2.65. The van der Waals surface area contributed by atoms with E-state index in [1.807, 2.05) is 24.3 Å². The summed E-state index contributed by atoms with van der Waals surface area (Å²) in [4.78, 5) is 35.6. The van der Waals surface area contributed by atoms with Gasteiger partial charge in [0.25, 0.3) is 5.56 Å². The van der Waals surface area contributed by atoms with Crippen molar-refractivity contribution in [3.63, 3.8) is 0 Å². The van der Waals surface area contributed by atoms with Crippen molar-refractivity contribution < 1.29 is 9.53 Å². The lowest BCUT2D eigenvalue weighted by atomic mass is 10.2. The van der Waals surface area contributed by atoms with E-state index in [4.69, 9.17) is 4.74 Å². The van der Waals surface area contributed by atoms with E-state index < -0.39 is 0 Å². The van der Waals surface area contributed by atoms with Crippen molar-refractivity contribution in [1.82, 2.24) is 19.8 Å². The van der Waals surface area contributed by atoms with Crippen molar-refractivity contribution in [2.24, 2.45) is 0 Å². The maximum atomic E-state index is 12.3. The van der Waals surface area contributed by atoms with Crippen LogP contribution in [0.2, 0.25) is 0 Å². The Bertz CT molecular complexity index is 783. The first-order valence-corrected chi connectivity index (χ1v) is 8.65. The van der Waals surface area contributed by atoms with Gasteiger partial charge in [-0.2, -0.15) is 0 Å². The molecular weight excluding hydrogens is 320 g/mol. The van der Waals surface area contributed by atoms with Gasteiger partial charge in [-0.3, -0.25) is 14.5 Å². The summed E-state index contributed by atoms with van der Waals surface area (Å²) >= 11 is 0. The van der Waals surface area contributed by atoms with Gasteiger partial charge in [-0.05, 0) is 12.1 Å². The van der Waals surface area contributed by atoms with Gasteiger partial charge < -0.3 is 14.6 Å². The number of hydrogen-bond acceptors (Lipinski definition) is 5. The molecule has 7 heteroatoms. The van der Waals surface area contributed by atoms with Crippen LogP contribution in [0, 0.1) is 0 Å². The van der Waals surface area contributed by atoms with E-state index in [2.05, 4.69) is 14.9 Å². The second-order valence-electron chi connectivity index (χ2n) is 6.30. The van der Waals surface area contributed by atoms with Gasteiger partial charge in [0.05, 0.1) is 24.2 Å². The van der Waals surface area contributed by atoms with Crippen LogP contribution in [0.4, 0.5) is 0 Å². The lowest BCUT2D eigenvalue weighted by Gasteiger charge is -2.28. The zero-order valence-electron chi connectivity index (χ0n) is 14.5. The summed E-state index contributed by atoms with van der Waals surface area (Å²) in [5.41, 5.74) is 1.64. The summed E-state index contributed by atoms with van der Waals surface area (Å²) in [5, 5.41) is 0. The Balaban J connectivity index is 1.52. The second-order valence-corrected chi connectivity index (χ2v) is 6.30. The van der Waals surface area contributed by atoms with Gasteiger partial charge >= 0.3 is 0 Å². The van der Waals surface area contributed by atoms with Crippen molar-refractivity contribution >= 4 is 16.9 Å². The number of nitrogens with zero attached hydrogens (tertiary/aromatic N) is 3. The molecule has 2 heterocycles. The molecule has 1 aromatic carbocycles. The van der Waals surface area contributed by atoms with Crippen LogP contribution in [0.3, 0.4) is 0 Å². The first-order valence-electron chi connectivity index (χ1n) is 8.65. The Kier molecular flexibility index (Phi) is 5.78. The Morgan fingerprint density at radius 1 is 1.32 bits per heavy atom. The van der Waals surface area contributed by atoms with Gasteiger partial charge in [-0.15, -0.1) is 0 Å². The number of aromatic nitrogens is 2. The Hall–Kier alpha value is -2.25. The summed E-state index contributed by atoms with van der Waals surface area (Å²) in [5.74, 6) is 0.0302. The number of H-pyrrole nitrogens is 1. The third-order valence-electron chi connectivity index (χ3n) is 4.53. The van der Waals surface area contributed by atoms with E-state index in [-0.39, 0.29) is 17.9 Å². The molecular formula is C18H24N4O3. The van der Waals surface area contributed by atoms with E-state index in [9.17, 15) is 9.59 Å². The third-order valence-corrected chi connectivity index (χ3v) is 4.53. The zero-order valence-corrected chi connectivity index (χ0v) is 14.5. The number of morpholine rings is 1. The number of carbonyl (C=O) groups is 1. The van der Waals surface area contributed by atoms with E-state index in [1.54, 1.807) is 11.9 Å². The van der Waals surface area contributed by atoms with Crippen molar-refractivity contribution in [3.05, 3.63) is 40.3 Å². The molecule has 1 aliphatic rings. The number of carbonyl (C=O) groups excluding carboxylic acids is 1. The number of benzene rings is 1. The fourth-order valence-corrected chi connectivity index (χ4v) is 2.89. The zero-order chi connectivity index (χ0) is 17.6. The van der Waals surface area contributed by atoms with Crippen LogP contribution in [-0.4, -0.2) is 72.1 Å². The fraction of sp³-hybridized carbons (Fsp3) is 0.500. The van der Waals surface area contributed by atoms with Crippen molar-refractivity contribution in [2.75, 3.05) is 46.4 Å². The molecule has 25 heavy (non-hydrogen) atoms. The number of likely N-dealkylation sites (N-methyl/N-ethyl adjacent to an activating group) is 1. The molecule has 0 saturated carbocycles. The second kappa shape index (κ2) is 8.22. The summed E-state index contributed by atoms with van der Waals surface area (Å²) in [6.07, 6.45) is 0.634. The molecule has 1 fully saturated rings. The third kappa shape index (κ3) is 4.64. The van der Waals surface area contributed by atoms with E-state index in [0.717, 1.165) is 38.4 Å². The fourth-order valence-electron chi connectivity index (χ4n) is 2.89. The van der Waals surface area contributed by atoms with E-state index in [1.165, 1.54) is 0 Å². The molecule has 0 atom stereocenters. The average molecular weight is 344 g/mol. The molecule has 0 spiro atoms. The number of hydrogen-bond donors (Lipinski definition) is 1. The van der Waals surface area contributed by atoms with Crippen LogP contribution in [0.5, 0.6) is 0 Å². The van der Waals surface area contributed by atoms with Gasteiger partial charge in [0.1, 0.15) is 5.69 Å². The van der Waals surface area contributed by atoms with Crippen molar-refractivity contribution in [1.29, 1.82) is 0 Å². The maximum absolute atomic E-state index is 12.3. The van der Waals surface area contributed by atoms with Crippen molar-refractivity contribution in [3.8, 4) is 0 Å². The molecule has 0 bridgehead atoms. The van der Waals surface area contributed by atoms with Gasteiger partial charge in [0, 0.05) is 46.1 Å². The number of para-hydroxylation sites is 2. The number of amides is 1. The van der Waals surface area contributed by atoms with Gasteiger partial charge in [-0.1, -0.05) is 12.1 Å². The molecule has 134 valence electrons. The molecule has 1 N–H and O–H groups in total. The Morgan fingerprint density at radius 3 is 2.88 bits per heavy atom. The quantitative estimate of drug-likeness (QED) is 0.832. The van der Waals surface area contributed by atoms with Crippen LogP contribution >= 0.6 is 0 Å². The standard InChI is InChI=1S/C18H24N4O3/c1-21(8-9-22-10-12-25-13-11-22)17(23)7-6-16-18(24)20-15-5-3-2-4-14(15)19-16/h2-5H,6-13H2,1H3,(H,20,24). The first-order chi connectivity index (χ1) is 12.1. The molecule has 1 aromatic heterocycles. The molecule has 7 nitrogen and oxygen atoms in total. The predicted molar refractivity (Wildman–Crippen MR) is 95.6 cm³/mol. The van der Waals surface area contributed by atoms with Crippen molar-refractivity contribution in [2.45, 2.75) is 12.8 Å². The Labute approximate surface area is 146 Å². The number of rotatable bonds is 6. The molecule has 0 aliphatic carbocycles. The van der Waals surface area contributed by atoms with Gasteiger partial charge in [0.15, 0.2) is 0 Å². The summed E-state index contributed by atoms with van der Waals surface area (Å²) in [7, 11) is 1.81. The first kappa shape index (κ1) is 17.6.